The zero-order chi connectivity index (χ0) is 20.3. The summed E-state index contributed by atoms with van der Waals surface area (Å²) in [5, 5.41) is 11.0. The predicted octanol–water partition coefficient (Wildman–Crippen LogP) is 4.21. The monoisotopic (exact) mass is 431 g/mol. The zero-order valence-corrected chi connectivity index (χ0v) is 16.7. The van der Waals surface area contributed by atoms with Crippen molar-refractivity contribution in [1.82, 2.24) is 9.88 Å². The van der Waals surface area contributed by atoms with E-state index in [4.69, 9.17) is 28.2 Å². The molecule has 0 aliphatic carbocycles. The molecule has 8 heteroatoms. The van der Waals surface area contributed by atoms with Crippen molar-refractivity contribution >= 4 is 51.4 Å². The topological polar surface area (TPSA) is 68.7 Å². The van der Waals surface area contributed by atoms with E-state index in [0.717, 1.165) is 22.2 Å². The molecule has 2 aromatic carbocycles. The number of aliphatic imine (C=N–C) groups is 1. The number of carbonyl (C=O) groups excluding carboxylic acids is 1. The molecule has 5 nitrogen and oxygen atoms in total. The normalized spacial score (nSPS) is 20.6. The number of aromatic nitrogens is 1. The van der Waals surface area contributed by atoms with E-state index >= 15 is 0 Å². The van der Waals surface area contributed by atoms with E-state index < -0.39 is 12.0 Å². The van der Waals surface area contributed by atoms with E-state index in [0.29, 0.717) is 40.8 Å². The Hall–Kier alpha value is -2.41. The van der Waals surface area contributed by atoms with Crippen LogP contribution < -0.4 is 0 Å². The number of piperidine rings is 1. The molecule has 29 heavy (non-hydrogen) atoms. The number of amides is 1. The predicted molar refractivity (Wildman–Crippen MR) is 111 cm³/mol. The molecule has 0 radical (unpaired) electrons. The summed E-state index contributed by atoms with van der Waals surface area (Å²) in [6.07, 6.45) is 2.37. The van der Waals surface area contributed by atoms with E-state index in [1.807, 2.05) is 12.3 Å². The van der Waals surface area contributed by atoms with Gasteiger partial charge in [-0.3, -0.25) is 9.79 Å². The minimum atomic E-state index is -0.747. The first kappa shape index (κ1) is 18.6. The minimum Gasteiger partial charge on any atom is -0.387 e. The molecule has 1 saturated heterocycles. The van der Waals surface area contributed by atoms with Gasteiger partial charge in [-0.2, -0.15) is 0 Å². The molecule has 0 saturated carbocycles. The highest BCUT2D eigenvalue weighted by Gasteiger charge is 2.51. The van der Waals surface area contributed by atoms with E-state index in [1.54, 1.807) is 17.0 Å². The molecule has 3 heterocycles. The van der Waals surface area contributed by atoms with E-state index in [9.17, 15) is 14.3 Å². The van der Waals surface area contributed by atoms with Gasteiger partial charge in [0.2, 0.25) is 5.91 Å². The maximum Gasteiger partial charge on any atom is 0.248 e. The number of benzene rings is 2. The van der Waals surface area contributed by atoms with Crippen molar-refractivity contribution in [1.29, 1.82) is 0 Å². The SMILES string of the molecule is O=C(CO)N1CCC2=Nc3c(ccc(Cl)c3Cl)C2(c2c[nH]c3cc(F)ccc23)C1. The van der Waals surface area contributed by atoms with Gasteiger partial charge in [0.25, 0.3) is 0 Å². The number of rotatable bonds is 2. The lowest BCUT2D eigenvalue weighted by atomic mass is 9.69. The van der Waals surface area contributed by atoms with Crippen LogP contribution in [0.2, 0.25) is 10.0 Å². The summed E-state index contributed by atoms with van der Waals surface area (Å²) >= 11 is 12.7. The zero-order valence-electron chi connectivity index (χ0n) is 15.2. The maximum atomic E-state index is 13.7. The third-order valence-corrected chi connectivity index (χ3v) is 6.70. The van der Waals surface area contributed by atoms with E-state index in [1.165, 1.54) is 12.1 Å². The van der Waals surface area contributed by atoms with Crippen molar-refractivity contribution in [2.45, 2.75) is 11.8 Å². The minimum absolute atomic E-state index is 0.306. The molecule has 1 unspecified atom stereocenters. The number of aromatic amines is 1. The first-order valence-corrected chi connectivity index (χ1v) is 9.93. The third-order valence-electron chi connectivity index (χ3n) is 5.91. The first-order chi connectivity index (χ1) is 14.0. The van der Waals surface area contributed by atoms with E-state index in [2.05, 4.69) is 4.98 Å². The summed E-state index contributed by atoms with van der Waals surface area (Å²) in [7, 11) is 0. The van der Waals surface area contributed by atoms with Crippen LogP contribution in [0.5, 0.6) is 0 Å². The number of nitrogens with zero attached hydrogens (tertiary/aromatic N) is 2. The summed E-state index contributed by atoms with van der Waals surface area (Å²) in [6, 6.07) is 8.19. The first-order valence-electron chi connectivity index (χ1n) is 9.18. The molecule has 1 aromatic heterocycles. The summed E-state index contributed by atoms with van der Waals surface area (Å²) in [5.41, 5.74) is 3.13. The van der Waals surface area contributed by atoms with Crippen LogP contribution in [0.4, 0.5) is 10.1 Å². The van der Waals surface area contributed by atoms with Crippen molar-refractivity contribution in [2.24, 2.45) is 4.99 Å². The van der Waals surface area contributed by atoms with Gasteiger partial charge in [0.1, 0.15) is 12.4 Å². The van der Waals surface area contributed by atoms with Crippen molar-refractivity contribution < 1.29 is 14.3 Å². The summed E-state index contributed by atoms with van der Waals surface area (Å²) in [6.45, 7) is 0.201. The highest BCUT2D eigenvalue weighted by Crippen LogP contribution is 2.53. The van der Waals surface area contributed by atoms with Gasteiger partial charge < -0.3 is 15.0 Å². The number of nitrogens with one attached hydrogen (secondary N) is 1. The molecule has 2 aliphatic heterocycles. The Labute approximate surface area is 175 Å². The summed E-state index contributed by atoms with van der Waals surface area (Å²) < 4.78 is 13.7. The Morgan fingerprint density at radius 2 is 2.10 bits per heavy atom. The molecule has 148 valence electrons. The lowest BCUT2D eigenvalue weighted by Crippen LogP contribution is -2.54. The molecule has 1 atom stereocenters. The highest BCUT2D eigenvalue weighted by molar-refractivity contribution is 6.44. The van der Waals surface area contributed by atoms with Crippen molar-refractivity contribution in [3.63, 3.8) is 0 Å². The summed E-state index contributed by atoms with van der Waals surface area (Å²) in [4.78, 5) is 21.9. The largest absolute Gasteiger partial charge is 0.387 e. The number of carbonyl (C=O) groups is 1. The van der Waals surface area contributed by atoms with Crippen molar-refractivity contribution in [3.05, 3.63) is 63.5 Å². The average Bonchev–Trinajstić information content (AvgIpc) is 3.29. The Kier molecular flexibility index (Phi) is 4.21. The van der Waals surface area contributed by atoms with Crippen LogP contribution >= 0.6 is 23.2 Å². The molecule has 2 N–H and O–H groups in total. The van der Waals surface area contributed by atoms with Gasteiger partial charge in [0.15, 0.2) is 0 Å². The molecule has 1 fully saturated rings. The van der Waals surface area contributed by atoms with Crippen LogP contribution in [0.1, 0.15) is 17.5 Å². The van der Waals surface area contributed by atoms with Gasteiger partial charge in [0.05, 0.1) is 21.1 Å². The van der Waals surface area contributed by atoms with Gasteiger partial charge in [-0.1, -0.05) is 29.3 Å². The molecule has 2 aliphatic rings. The fourth-order valence-electron chi connectivity index (χ4n) is 4.58. The second-order valence-corrected chi connectivity index (χ2v) is 8.12. The average molecular weight is 432 g/mol. The second-order valence-electron chi connectivity index (χ2n) is 7.34. The standard InChI is InChI=1S/C21H16Cl2FN3O2/c22-15-4-3-13-20(19(15)23)26-17-5-6-27(18(29)9-28)10-21(13,17)14-8-25-16-7-11(24)1-2-12(14)16/h1-4,7-8,25,28H,5-6,9-10H2. The molecular formula is C21H16Cl2FN3O2. The number of hydrogen-bond acceptors (Lipinski definition) is 3. The van der Waals surface area contributed by atoms with Gasteiger partial charge >= 0.3 is 0 Å². The van der Waals surface area contributed by atoms with Crippen LogP contribution in [0.15, 0.2) is 41.5 Å². The molecule has 5 rings (SSSR count). The Balaban J connectivity index is 1.80. The van der Waals surface area contributed by atoms with Gasteiger partial charge in [-0.05, 0) is 35.4 Å². The number of aliphatic hydroxyl groups is 1. The Morgan fingerprint density at radius 1 is 1.28 bits per heavy atom. The number of aliphatic hydroxyl groups excluding tert-OH is 1. The molecule has 1 amide bonds. The van der Waals surface area contributed by atoms with Gasteiger partial charge in [0, 0.05) is 42.3 Å². The number of likely N-dealkylation sites (tertiary alicyclic amines) is 1. The Bertz CT molecular complexity index is 1210. The van der Waals surface area contributed by atoms with E-state index in [-0.39, 0.29) is 11.7 Å². The molecule has 0 bridgehead atoms. The van der Waals surface area contributed by atoms with Gasteiger partial charge in [-0.25, -0.2) is 4.39 Å². The molecule has 3 aromatic rings. The number of hydrogen-bond donors (Lipinski definition) is 2. The summed E-state index contributed by atoms with van der Waals surface area (Å²) in [5.74, 6) is -0.678. The Morgan fingerprint density at radius 3 is 2.90 bits per heavy atom. The highest BCUT2D eigenvalue weighted by atomic mass is 35.5. The van der Waals surface area contributed by atoms with Crippen molar-refractivity contribution in [2.75, 3.05) is 19.7 Å². The van der Waals surface area contributed by atoms with Crippen LogP contribution in [-0.4, -0.2) is 46.3 Å². The lowest BCUT2D eigenvalue weighted by molar-refractivity contribution is -0.134. The lowest BCUT2D eigenvalue weighted by Gasteiger charge is -2.41. The number of halogens is 3. The fourth-order valence-corrected chi connectivity index (χ4v) is 4.94. The molecular weight excluding hydrogens is 416 g/mol. The third kappa shape index (κ3) is 2.56. The second kappa shape index (κ2) is 6.55. The van der Waals surface area contributed by atoms with Crippen LogP contribution in [0.25, 0.3) is 10.9 Å². The quantitative estimate of drug-likeness (QED) is 0.637. The number of fused-ring (bicyclic) bond motifs is 4. The van der Waals surface area contributed by atoms with Gasteiger partial charge in [-0.15, -0.1) is 0 Å². The van der Waals surface area contributed by atoms with Crippen molar-refractivity contribution in [3.8, 4) is 0 Å². The maximum absolute atomic E-state index is 13.7. The molecule has 0 spiro atoms. The smallest absolute Gasteiger partial charge is 0.248 e. The number of H-pyrrole nitrogens is 1. The van der Waals surface area contributed by atoms with Crippen LogP contribution in [-0.2, 0) is 10.2 Å². The fraction of sp³-hybridized carbons (Fsp3) is 0.238. The van der Waals surface area contributed by atoms with Crippen LogP contribution in [0.3, 0.4) is 0 Å². The van der Waals surface area contributed by atoms with Crippen LogP contribution in [0, 0.1) is 5.82 Å².